The molecule has 0 aromatic heterocycles. The zero-order chi connectivity index (χ0) is 12.3. The van der Waals surface area contributed by atoms with E-state index in [0.29, 0.717) is 0 Å². The van der Waals surface area contributed by atoms with Crippen LogP contribution in [0.5, 0.6) is 0 Å². The van der Waals surface area contributed by atoms with Crippen LogP contribution in [-0.4, -0.2) is 24.5 Å². The lowest BCUT2D eigenvalue weighted by molar-refractivity contribution is -0.177. The molecule has 0 saturated heterocycles. The third kappa shape index (κ3) is 2.81. The molecule has 0 aromatic rings. The number of rotatable bonds is 5. The second kappa shape index (κ2) is 5.12. The van der Waals surface area contributed by atoms with Crippen LogP contribution in [0.1, 0.15) is 13.3 Å². The summed E-state index contributed by atoms with van der Waals surface area (Å²) in [6.45, 7) is 0.817. The Morgan fingerprint density at radius 2 is 1.73 bits per heavy atom. The van der Waals surface area contributed by atoms with Crippen molar-refractivity contribution in [2.45, 2.75) is 24.9 Å². The topological polar surface area (TPSA) is 9.23 Å². The highest BCUT2D eigenvalue weighted by molar-refractivity contribution is 6.17. The Hall–Kier alpha value is -0.360. The van der Waals surface area contributed by atoms with Crippen molar-refractivity contribution in [2.24, 2.45) is 0 Å². The van der Waals surface area contributed by atoms with Crippen LogP contribution in [-0.2, 0) is 4.74 Å². The molecule has 0 amide bonds. The largest absolute Gasteiger partial charge is 0.372 e. The monoisotopic (exact) mass is 252 g/mol. The highest BCUT2D eigenvalue weighted by Crippen LogP contribution is 2.42. The van der Waals surface area contributed by atoms with Crippen molar-refractivity contribution in [1.29, 1.82) is 0 Å². The molecule has 0 aliphatic heterocycles. The van der Waals surface area contributed by atoms with Gasteiger partial charge in [-0.3, -0.25) is 0 Å². The Morgan fingerprint density at radius 1 is 1.27 bits per heavy atom. The number of hydrogen-bond acceptors (Lipinski definition) is 1. The first-order chi connectivity index (χ1) is 6.73. The van der Waals surface area contributed by atoms with Crippen LogP contribution >= 0.6 is 11.6 Å². The lowest BCUT2D eigenvalue weighted by atomic mass is 9.93. The molecule has 0 spiro atoms. The quantitative estimate of drug-likeness (QED) is 0.535. The fraction of sp³-hybridized carbons (Fsp3) is 0.750. The van der Waals surface area contributed by atoms with Crippen molar-refractivity contribution in [3.63, 3.8) is 0 Å². The van der Waals surface area contributed by atoms with Gasteiger partial charge in [-0.15, -0.1) is 11.6 Å². The van der Waals surface area contributed by atoms with E-state index in [1.54, 1.807) is 0 Å². The van der Waals surface area contributed by atoms with E-state index in [0.717, 1.165) is 14.0 Å². The van der Waals surface area contributed by atoms with Gasteiger partial charge in [-0.05, 0) is 13.3 Å². The molecule has 0 bridgehead atoms. The molecule has 0 N–H and O–H groups in total. The predicted octanol–water partition coefficient (Wildman–Crippen LogP) is 3.73. The van der Waals surface area contributed by atoms with Crippen molar-refractivity contribution < 1.29 is 26.7 Å². The molecule has 0 saturated carbocycles. The molecule has 7 heteroatoms. The van der Waals surface area contributed by atoms with Crippen LogP contribution in [0, 0.1) is 0 Å². The number of alkyl halides is 3. The van der Waals surface area contributed by atoms with Crippen molar-refractivity contribution in [2.75, 3.05) is 13.0 Å². The molecule has 1 unspecified atom stereocenters. The molecule has 0 aromatic carbocycles. The highest BCUT2D eigenvalue weighted by Gasteiger charge is 2.56. The third-order valence-electron chi connectivity index (χ3n) is 2.13. The summed E-state index contributed by atoms with van der Waals surface area (Å²) >= 11 is 5.22. The smallest absolute Gasteiger partial charge is 0.332 e. The van der Waals surface area contributed by atoms with Gasteiger partial charge < -0.3 is 4.74 Å². The van der Waals surface area contributed by atoms with Gasteiger partial charge in [0, 0.05) is 13.0 Å². The Bertz CT molecular complexity index is 251. The standard InChI is InChI=1S/C8H10ClF5O/c1-7(15-2,3-4-9)8(13,14)5(10)6(11)12/h3-4H2,1-2H3. The fourth-order valence-corrected chi connectivity index (χ4v) is 1.28. The molecule has 0 aliphatic carbocycles. The summed E-state index contributed by atoms with van der Waals surface area (Å²) in [5, 5.41) is 0. The van der Waals surface area contributed by atoms with E-state index in [4.69, 9.17) is 11.6 Å². The minimum absolute atomic E-state index is 0.263. The zero-order valence-electron chi connectivity index (χ0n) is 8.09. The van der Waals surface area contributed by atoms with E-state index in [1.807, 2.05) is 0 Å². The number of hydrogen-bond donors (Lipinski definition) is 0. The van der Waals surface area contributed by atoms with Crippen LogP contribution in [0.25, 0.3) is 0 Å². The molecule has 0 fully saturated rings. The van der Waals surface area contributed by atoms with Crippen LogP contribution < -0.4 is 0 Å². The van der Waals surface area contributed by atoms with Gasteiger partial charge in [0.25, 0.3) is 0 Å². The van der Waals surface area contributed by atoms with E-state index in [9.17, 15) is 22.0 Å². The molecule has 0 rings (SSSR count). The summed E-state index contributed by atoms with van der Waals surface area (Å²) < 4.78 is 66.9. The first kappa shape index (κ1) is 14.6. The molecule has 0 radical (unpaired) electrons. The molecule has 1 nitrogen and oxygen atoms in total. The van der Waals surface area contributed by atoms with Gasteiger partial charge >= 0.3 is 12.0 Å². The molecular weight excluding hydrogens is 243 g/mol. The predicted molar refractivity (Wildman–Crippen MR) is 46.0 cm³/mol. The summed E-state index contributed by atoms with van der Waals surface area (Å²) in [6, 6.07) is 0. The van der Waals surface area contributed by atoms with Crippen LogP contribution in [0.15, 0.2) is 11.9 Å². The highest BCUT2D eigenvalue weighted by atomic mass is 35.5. The van der Waals surface area contributed by atoms with Crippen molar-refractivity contribution >= 4 is 11.6 Å². The van der Waals surface area contributed by atoms with E-state index >= 15 is 0 Å². The molecule has 0 aliphatic rings. The molecular formula is C8H10ClF5O. The first-order valence-electron chi connectivity index (χ1n) is 3.93. The van der Waals surface area contributed by atoms with Crippen LogP contribution in [0.3, 0.4) is 0 Å². The molecule has 0 heterocycles. The van der Waals surface area contributed by atoms with E-state index in [1.165, 1.54) is 0 Å². The lowest BCUT2D eigenvalue weighted by Crippen LogP contribution is -2.48. The Kier molecular flexibility index (Phi) is 4.99. The second-order valence-corrected chi connectivity index (χ2v) is 3.40. The van der Waals surface area contributed by atoms with E-state index in [2.05, 4.69) is 4.74 Å². The summed E-state index contributed by atoms with van der Waals surface area (Å²) in [4.78, 5) is 0. The fourth-order valence-electron chi connectivity index (χ4n) is 0.918. The third-order valence-corrected chi connectivity index (χ3v) is 2.32. The van der Waals surface area contributed by atoms with Crippen molar-refractivity contribution in [1.82, 2.24) is 0 Å². The zero-order valence-corrected chi connectivity index (χ0v) is 8.85. The van der Waals surface area contributed by atoms with E-state index < -0.39 is 29.9 Å². The van der Waals surface area contributed by atoms with Gasteiger partial charge in [0.05, 0.1) is 0 Å². The first-order valence-corrected chi connectivity index (χ1v) is 4.46. The lowest BCUT2D eigenvalue weighted by Gasteiger charge is -2.34. The summed E-state index contributed by atoms with van der Waals surface area (Å²) in [5.74, 6) is -7.45. The van der Waals surface area contributed by atoms with Gasteiger partial charge in [0.2, 0.25) is 5.83 Å². The van der Waals surface area contributed by atoms with Gasteiger partial charge in [-0.25, -0.2) is 0 Å². The number of ether oxygens (including phenoxy) is 1. The maximum Gasteiger partial charge on any atom is 0.332 e. The van der Waals surface area contributed by atoms with Crippen LogP contribution in [0.4, 0.5) is 22.0 Å². The summed E-state index contributed by atoms with van der Waals surface area (Å²) in [6.07, 6.45) is -3.52. The average Bonchev–Trinajstić information content (AvgIpc) is 2.16. The number of methoxy groups -OCH3 is 1. The van der Waals surface area contributed by atoms with Gasteiger partial charge in [-0.1, -0.05) is 0 Å². The Morgan fingerprint density at radius 3 is 2.00 bits per heavy atom. The molecule has 90 valence electrons. The number of halogens is 6. The maximum absolute atomic E-state index is 13.2. The van der Waals surface area contributed by atoms with Crippen LogP contribution in [0.2, 0.25) is 0 Å². The van der Waals surface area contributed by atoms with Crippen molar-refractivity contribution in [3.05, 3.63) is 11.9 Å². The maximum atomic E-state index is 13.2. The molecule has 15 heavy (non-hydrogen) atoms. The average molecular weight is 253 g/mol. The van der Waals surface area contributed by atoms with Gasteiger partial charge in [0.1, 0.15) is 5.60 Å². The SMILES string of the molecule is COC(C)(CCCl)C(F)(F)C(F)=C(F)F. The van der Waals surface area contributed by atoms with Crippen molar-refractivity contribution in [3.8, 4) is 0 Å². The minimum Gasteiger partial charge on any atom is -0.372 e. The summed E-state index contributed by atoms with van der Waals surface area (Å²) in [5.41, 5.74) is -2.39. The Labute approximate surface area is 88.8 Å². The van der Waals surface area contributed by atoms with Gasteiger partial charge in [0.15, 0.2) is 0 Å². The normalized spacial score (nSPS) is 16.0. The van der Waals surface area contributed by atoms with Gasteiger partial charge in [-0.2, -0.15) is 22.0 Å². The van der Waals surface area contributed by atoms with E-state index in [-0.39, 0.29) is 5.88 Å². The molecule has 1 atom stereocenters. The minimum atomic E-state index is -4.41. The second-order valence-electron chi connectivity index (χ2n) is 3.02. The Balaban J connectivity index is 5.22. The summed E-state index contributed by atoms with van der Waals surface area (Å²) in [7, 11) is 0.879.